The second-order valence-electron chi connectivity index (χ2n) is 5.70. The zero-order valence-corrected chi connectivity index (χ0v) is 13.5. The second kappa shape index (κ2) is 7.07. The lowest BCUT2D eigenvalue weighted by atomic mass is 10.1. The number of nitrogens with zero attached hydrogens (tertiary/aromatic N) is 3. The molecule has 2 aromatic heterocycles. The van der Waals surface area contributed by atoms with Gasteiger partial charge in [-0.1, -0.05) is 17.7 Å². The van der Waals surface area contributed by atoms with E-state index in [0.717, 1.165) is 38.2 Å². The fourth-order valence-electron chi connectivity index (χ4n) is 2.73. The van der Waals surface area contributed by atoms with Crippen LogP contribution in [0.1, 0.15) is 24.1 Å². The first-order valence-electron chi connectivity index (χ1n) is 7.61. The molecule has 0 N–H and O–H groups in total. The maximum Gasteiger partial charge on any atom is 0.139 e. The molecule has 0 bridgehead atoms. The summed E-state index contributed by atoms with van der Waals surface area (Å²) < 4.78 is 5.97. The van der Waals surface area contributed by atoms with Crippen molar-refractivity contribution in [3.05, 3.63) is 53.1 Å². The van der Waals surface area contributed by atoms with Crippen molar-refractivity contribution in [2.24, 2.45) is 0 Å². The van der Waals surface area contributed by atoms with E-state index in [2.05, 4.69) is 27.9 Å². The van der Waals surface area contributed by atoms with Crippen molar-refractivity contribution in [1.29, 1.82) is 0 Å². The first kappa shape index (κ1) is 15.3. The standard InChI is InChI=1S/C17H20ClN3O/c1-13-3-2-6-20-17(13)12-21-7-4-15(5-8-21)22-16-9-14(18)10-19-11-16/h2-3,6,9-11,15H,4-5,7-8,12H2,1H3. The van der Waals surface area contributed by atoms with Gasteiger partial charge in [0.25, 0.3) is 0 Å². The van der Waals surface area contributed by atoms with E-state index in [1.54, 1.807) is 12.4 Å². The third-order valence-electron chi connectivity index (χ3n) is 4.01. The molecule has 1 aliphatic rings. The minimum absolute atomic E-state index is 0.237. The molecule has 0 unspecified atom stereocenters. The predicted molar refractivity (Wildman–Crippen MR) is 87.1 cm³/mol. The molecule has 0 aliphatic carbocycles. The van der Waals surface area contributed by atoms with Crippen LogP contribution in [0.3, 0.4) is 0 Å². The van der Waals surface area contributed by atoms with Crippen LogP contribution in [-0.2, 0) is 6.54 Å². The smallest absolute Gasteiger partial charge is 0.139 e. The van der Waals surface area contributed by atoms with Crippen LogP contribution in [0, 0.1) is 6.92 Å². The van der Waals surface area contributed by atoms with Crippen LogP contribution in [0.4, 0.5) is 0 Å². The molecule has 0 aromatic carbocycles. The van der Waals surface area contributed by atoms with Crippen molar-refractivity contribution in [2.75, 3.05) is 13.1 Å². The van der Waals surface area contributed by atoms with E-state index in [-0.39, 0.29) is 6.10 Å². The number of piperidine rings is 1. The van der Waals surface area contributed by atoms with E-state index in [0.29, 0.717) is 5.02 Å². The number of hydrogen-bond donors (Lipinski definition) is 0. The van der Waals surface area contributed by atoms with Crippen LogP contribution in [0.2, 0.25) is 5.02 Å². The lowest BCUT2D eigenvalue weighted by molar-refractivity contribution is 0.0957. The van der Waals surface area contributed by atoms with Crippen molar-refractivity contribution in [2.45, 2.75) is 32.4 Å². The molecule has 1 saturated heterocycles. The van der Waals surface area contributed by atoms with E-state index in [4.69, 9.17) is 16.3 Å². The summed E-state index contributed by atoms with van der Waals surface area (Å²) in [5, 5.41) is 0.612. The Balaban J connectivity index is 1.51. The Kier molecular flexibility index (Phi) is 4.90. The van der Waals surface area contributed by atoms with Crippen LogP contribution in [0.15, 0.2) is 36.8 Å². The number of pyridine rings is 2. The summed E-state index contributed by atoms with van der Waals surface area (Å²) in [5.74, 6) is 0.756. The largest absolute Gasteiger partial charge is 0.489 e. The topological polar surface area (TPSA) is 38.2 Å². The zero-order valence-electron chi connectivity index (χ0n) is 12.7. The van der Waals surface area contributed by atoms with Crippen molar-refractivity contribution < 1.29 is 4.74 Å². The molecular formula is C17H20ClN3O. The van der Waals surface area contributed by atoms with Gasteiger partial charge in [0.2, 0.25) is 0 Å². The lowest BCUT2D eigenvalue weighted by Gasteiger charge is -2.32. The molecule has 5 heteroatoms. The zero-order chi connectivity index (χ0) is 15.4. The summed E-state index contributed by atoms with van der Waals surface area (Å²) in [4.78, 5) is 11.0. The van der Waals surface area contributed by atoms with Gasteiger partial charge in [-0.3, -0.25) is 14.9 Å². The number of halogens is 1. The van der Waals surface area contributed by atoms with Crippen molar-refractivity contribution in [3.63, 3.8) is 0 Å². The molecule has 4 nitrogen and oxygen atoms in total. The summed E-state index contributed by atoms with van der Waals surface area (Å²) >= 11 is 5.93. The van der Waals surface area contributed by atoms with Crippen LogP contribution in [0.25, 0.3) is 0 Å². The molecule has 3 heterocycles. The van der Waals surface area contributed by atoms with Gasteiger partial charge in [0, 0.05) is 38.1 Å². The van der Waals surface area contributed by atoms with Gasteiger partial charge >= 0.3 is 0 Å². The van der Waals surface area contributed by atoms with E-state index in [9.17, 15) is 0 Å². The van der Waals surface area contributed by atoms with Crippen molar-refractivity contribution in [1.82, 2.24) is 14.9 Å². The summed E-state index contributed by atoms with van der Waals surface area (Å²) in [6, 6.07) is 5.92. The highest BCUT2D eigenvalue weighted by Gasteiger charge is 2.21. The summed E-state index contributed by atoms with van der Waals surface area (Å²) in [7, 11) is 0. The molecule has 0 amide bonds. The molecule has 0 spiro atoms. The summed E-state index contributed by atoms with van der Waals surface area (Å²) in [6.07, 6.45) is 7.46. The van der Waals surface area contributed by atoms with Gasteiger partial charge in [-0.25, -0.2) is 0 Å². The van der Waals surface area contributed by atoms with Crippen LogP contribution >= 0.6 is 11.6 Å². The molecule has 0 saturated carbocycles. The van der Waals surface area contributed by atoms with E-state index >= 15 is 0 Å². The maximum atomic E-state index is 5.97. The minimum atomic E-state index is 0.237. The highest BCUT2D eigenvalue weighted by Crippen LogP contribution is 2.21. The highest BCUT2D eigenvalue weighted by atomic mass is 35.5. The molecule has 0 atom stereocenters. The number of aromatic nitrogens is 2. The number of ether oxygens (including phenoxy) is 1. The molecule has 1 aliphatic heterocycles. The van der Waals surface area contributed by atoms with Gasteiger partial charge in [0.05, 0.1) is 16.9 Å². The number of hydrogen-bond acceptors (Lipinski definition) is 4. The Morgan fingerprint density at radius 2 is 2.14 bits per heavy atom. The number of aryl methyl sites for hydroxylation is 1. The monoisotopic (exact) mass is 317 g/mol. The SMILES string of the molecule is Cc1cccnc1CN1CCC(Oc2cncc(Cl)c2)CC1. The normalized spacial score (nSPS) is 16.6. The molecule has 22 heavy (non-hydrogen) atoms. The Morgan fingerprint density at radius 1 is 1.32 bits per heavy atom. The van der Waals surface area contributed by atoms with Crippen LogP contribution in [-0.4, -0.2) is 34.1 Å². The quantitative estimate of drug-likeness (QED) is 0.865. The average Bonchev–Trinajstić information content (AvgIpc) is 2.52. The Morgan fingerprint density at radius 3 is 2.86 bits per heavy atom. The predicted octanol–water partition coefficient (Wildman–Crippen LogP) is 3.48. The van der Waals surface area contributed by atoms with Crippen molar-refractivity contribution >= 4 is 11.6 Å². The molecule has 0 radical (unpaired) electrons. The van der Waals surface area contributed by atoms with E-state index < -0.39 is 0 Å². The third kappa shape index (κ3) is 3.96. The Bertz CT molecular complexity index is 627. The van der Waals surface area contributed by atoms with Crippen molar-refractivity contribution in [3.8, 4) is 5.75 Å². The second-order valence-corrected chi connectivity index (χ2v) is 6.14. The first-order valence-corrected chi connectivity index (χ1v) is 7.98. The van der Waals surface area contributed by atoms with Gasteiger partial charge in [-0.05, 0) is 31.4 Å². The average molecular weight is 318 g/mol. The molecule has 3 rings (SSSR count). The third-order valence-corrected chi connectivity index (χ3v) is 4.22. The molecule has 2 aromatic rings. The van der Waals surface area contributed by atoms with Crippen LogP contribution < -0.4 is 4.74 Å². The fraction of sp³-hybridized carbons (Fsp3) is 0.412. The van der Waals surface area contributed by atoms with Gasteiger partial charge < -0.3 is 4.74 Å². The first-order chi connectivity index (χ1) is 10.7. The van der Waals surface area contributed by atoms with E-state index in [1.165, 1.54) is 11.3 Å². The summed E-state index contributed by atoms with van der Waals surface area (Å²) in [5.41, 5.74) is 2.42. The molecular weight excluding hydrogens is 298 g/mol. The van der Waals surface area contributed by atoms with Gasteiger partial charge in [0.15, 0.2) is 0 Å². The number of likely N-dealkylation sites (tertiary alicyclic amines) is 1. The van der Waals surface area contributed by atoms with Gasteiger partial charge in [-0.15, -0.1) is 0 Å². The fourth-order valence-corrected chi connectivity index (χ4v) is 2.89. The Labute approximate surface area is 136 Å². The van der Waals surface area contributed by atoms with Crippen LogP contribution in [0.5, 0.6) is 5.75 Å². The summed E-state index contributed by atoms with van der Waals surface area (Å²) in [6.45, 7) is 5.08. The molecule has 1 fully saturated rings. The van der Waals surface area contributed by atoms with E-state index in [1.807, 2.05) is 18.3 Å². The Hall–Kier alpha value is -1.65. The minimum Gasteiger partial charge on any atom is -0.489 e. The highest BCUT2D eigenvalue weighted by molar-refractivity contribution is 6.30. The maximum absolute atomic E-state index is 5.97. The van der Waals surface area contributed by atoms with Gasteiger partial charge in [-0.2, -0.15) is 0 Å². The molecule has 116 valence electrons. The lowest BCUT2D eigenvalue weighted by Crippen LogP contribution is -2.38. The van der Waals surface area contributed by atoms with Gasteiger partial charge in [0.1, 0.15) is 11.9 Å². The number of rotatable bonds is 4.